The van der Waals surface area contributed by atoms with E-state index in [1.54, 1.807) is 11.3 Å². The maximum Gasteiger partial charge on any atom is 0.505 e. The molecule has 1 aromatic heterocycles. The summed E-state index contributed by atoms with van der Waals surface area (Å²) in [5, 5.41) is 2.19. The largest absolute Gasteiger partial charge is 0.505 e. The molecule has 4 nitrogen and oxygen atoms in total. The highest BCUT2D eigenvalue weighted by Crippen LogP contribution is 2.37. The summed E-state index contributed by atoms with van der Waals surface area (Å²) in [6, 6.07) is 2.19. The van der Waals surface area contributed by atoms with Crippen LogP contribution in [0.25, 0.3) is 0 Å². The van der Waals surface area contributed by atoms with Crippen LogP contribution in [0.15, 0.2) is 11.4 Å². The van der Waals surface area contributed by atoms with Gasteiger partial charge in [0, 0.05) is 28.9 Å². The lowest BCUT2D eigenvalue weighted by Gasteiger charge is -2.32. The van der Waals surface area contributed by atoms with Crippen LogP contribution in [0.4, 0.5) is 5.69 Å². The van der Waals surface area contributed by atoms with Gasteiger partial charge in [0.15, 0.2) is 0 Å². The second-order valence-electron chi connectivity index (χ2n) is 6.39. The van der Waals surface area contributed by atoms with Crippen LogP contribution < -0.4 is 9.68 Å². The first kappa shape index (κ1) is 14.4. The number of hydrogen-bond donors (Lipinski definition) is 0. The number of morpholine rings is 1. The maximum absolute atomic E-state index is 6.10. The van der Waals surface area contributed by atoms with Gasteiger partial charge in [-0.2, -0.15) is 11.3 Å². The minimum atomic E-state index is -0.277. The predicted molar refractivity (Wildman–Crippen MR) is 83.1 cm³/mol. The van der Waals surface area contributed by atoms with Gasteiger partial charge in [-0.05, 0) is 33.8 Å². The first-order chi connectivity index (χ1) is 9.39. The zero-order valence-corrected chi connectivity index (χ0v) is 13.5. The van der Waals surface area contributed by atoms with Gasteiger partial charge in [-0.1, -0.05) is 0 Å². The molecule has 3 rings (SSSR count). The Morgan fingerprint density at radius 3 is 2.30 bits per heavy atom. The lowest BCUT2D eigenvalue weighted by atomic mass is 9.88. The van der Waals surface area contributed by atoms with Crippen LogP contribution in [0.3, 0.4) is 0 Å². The summed E-state index contributed by atoms with van der Waals surface area (Å²) in [4.78, 5) is 2.36. The minimum absolute atomic E-state index is 0.250. The van der Waals surface area contributed by atoms with E-state index >= 15 is 0 Å². The fraction of sp³-hybridized carbons (Fsp3) is 0.714. The predicted octanol–water partition coefficient (Wildman–Crippen LogP) is 1.88. The van der Waals surface area contributed by atoms with Crippen molar-refractivity contribution in [3.05, 3.63) is 11.4 Å². The van der Waals surface area contributed by atoms with E-state index in [1.807, 2.05) is 0 Å². The normalized spacial score (nSPS) is 25.2. The van der Waals surface area contributed by atoms with E-state index in [2.05, 4.69) is 44.0 Å². The lowest BCUT2D eigenvalue weighted by Crippen LogP contribution is -2.41. The minimum Gasteiger partial charge on any atom is -0.399 e. The van der Waals surface area contributed by atoms with Crippen molar-refractivity contribution in [1.82, 2.24) is 0 Å². The number of thiophene rings is 1. The standard InChI is InChI=1S/C14H22BNO3S/c1-13(2)14(3,4)19-15(18-13)12-9-11(10-20-12)16-5-7-17-8-6-16/h9-10H,5-8H2,1-4H3. The van der Waals surface area contributed by atoms with Crippen LogP contribution in [0.1, 0.15) is 27.7 Å². The molecule has 20 heavy (non-hydrogen) atoms. The Balaban J connectivity index is 1.74. The molecular weight excluding hydrogens is 273 g/mol. The molecule has 110 valence electrons. The van der Waals surface area contributed by atoms with Crippen LogP contribution in [-0.4, -0.2) is 44.6 Å². The molecule has 0 spiro atoms. The van der Waals surface area contributed by atoms with Gasteiger partial charge in [-0.25, -0.2) is 0 Å². The molecular formula is C14H22BNO3S. The second-order valence-corrected chi connectivity index (χ2v) is 7.34. The van der Waals surface area contributed by atoms with E-state index in [-0.39, 0.29) is 18.3 Å². The van der Waals surface area contributed by atoms with Crippen LogP contribution in [0, 0.1) is 0 Å². The Labute approximate surface area is 125 Å². The van der Waals surface area contributed by atoms with Crippen molar-refractivity contribution in [3.8, 4) is 0 Å². The number of nitrogens with zero attached hydrogens (tertiary/aromatic N) is 1. The molecule has 0 unspecified atom stereocenters. The lowest BCUT2D eigenvalue weighted by molar-refractivity contribution is 0.00578. The Morgan fingerprint density at radius 1 is 1.10 bits per heavy atom. The van der Waals surface area contributed by atoms with E-state index in [9.17, 15) is 0 Å². The van der Waals surface area contributed by atoms with Crippen molar-refractivity contribution in [1.29, 1.82) is 0 Å². The monoisotopic (exact) mass is 295 g/mol. The molecule has 3 heterocycles. The number of anilines is 1. The van der Waals surface area contributed by atoms with Gasteiger partial charge in [0.25, 0.3) is 0 Å². The molecule has 6 heteroatoms. The smallest absolute Gasteiger partial charge is 0.399 e. The Bertz CT molecular complexity index is 467. The molecule has 0 saturated carbocycles. The molecule has 1 aromatic rings. The third-order valence-electron chi connectivity index (χ3n) is 4.47. The molecule has 2 aliphatic heterocycles. The molecule has 0 aliphatic carbocycles. The fourth-order valence-electron chi connectivity index (χ4n) is 2.41. The van der Waals surface area contributed by atoms with Crippen molar-refractivity contribution >= 4 is 28.9 Å². The molecule has 2 saturated heterocycles. The summed E-state index contributed by atoms with van der Waals surface area (Å²) in [5.74, 6) is 0. The average molecular weight is 295 g/mol. The summed E-state index contributed by atoms with van der Waals surface area (Å²) in [6.45, 7) is 11.9. The molecule has 0 aromatic carbocycles. The summed E-state index contributed by atoms with van der Waals surface area (Å²) >= 11 is 1.71. The van der Waals surface area contributed by atoms with Gasteiger partial charge < -0.3 is 18.9 Å². The summed E-state index contributed by atoms with van der Waals surface area (Å²) in [5.41, 5.74) is 0.699. The van der Waals surface area contributed by atoms with E-state index in [0.717, 1.165) is 31.1 Å². The van der Waals surface area contributed by atoms with Crippen molar-refractivity contribution in [3.63, 3.8) is 0 Å². The number of ether oxygens (including phenoxy) is 1. The topological polar surface area (TPSA) is 30.9 Å². The summed E-state index contributed by atoms with van der Waals surface area (Å²) in [7, 11) is -0.250. The van der Waals surface area contributed by atoms with Gasteiger partial charge in [0.05, 0.1) is 24.4 Å². The highest BCUT2D eigenvalue weighted by atomic mass is 32.1. The van der Waals surface area contributed by atoms with E-state index in [4.69, 9.17) is 14.0 Å². The van der Waals surface area contributed by atoms with Crippen molar-refractivity contribution in [2.45, 2.75) is 38.9 Å². The van der Waals surface area contributed by atoms with E-state index < -0.39 is 0 Å². The van der Waals surface area contributed by atoms with Gasteiger partial charge in [0.2, 0.25) is 0 Å². The third kappa shape index (κ3) is 2.50. The van der Waals surface area contributed by atoms with Crippen LogP contribution in [0.5, 0.6) is 0 Å². The van der Waals surface area contributed by atoms with E-state index in [0.29, 0.717) is 0 Å². The van der Waals surface area contributed by atoms with Crippen LogP contribution >= 0.6 is 11.3 Å². The first-order valence-corrected chi connectivity index (χ1v) is 8.04. The zero-order chi connectivity index (χ0) is 14.4. The molecule has 2 aliphatic rings. The second kappa shape index (κ2) is 5.02. The summed E-state index contributed by atoms with van der Waals surface area (Å²) in [6.07, 6.45) is 0. The van der Waals surface area contributed by atoms with Crippen molar-refractivity contribution in [2.75, 3.05) is 31.2 Å². The van der Waals surface area contributed by atoms with Gasteiger partial charge in [-0.15, -0.1) is 0 Å². The zero-order valence-electron chi connectivity index (χ0n) is 12.6. The Morgan fingerprint density at radius 2 is 1.70 bits per heavy atom. The highest BCUT2D eigenvalue weighted by Gasteiger charge is 2.52. The van der Waals surface area contributed by atoms with Gasteiger partial charge in [0.1, 0.15) is 0 Å². The van der Waals surface area contributed by atoms with Crippen molar-refractivity contribution in [2.24, 2.45) is 0 Å². The van der Waals surface area contributed by atoms with E-state index in [1.165, 1.54) is 5.69 Å². The quantitative estimate of drug-likeness (QED) is 0.780. The molecule has 2 fully saturated rings. The third-order valence-corrected chi connectivity index (χ3v) is 5.41. The Hall–Kier alpha value is -0.555. The molecule has 0 radical (unpaired) electrons. The maximum atomic E-state index is 6.10. The average Bonchev–Trinajstić information content (AvgIpc) is 2.94. The SMILES string of the molecule is CC1(C)OB(c2cc(N3CCOCC3)cs2)OC1(C)C. The fourth-order valence-corrected chi connectivity index (χ4v) is 3.28. The molecule has 0 N–H and O–H groups in total. The first-order valence-electron chi connectivity index (χ1n) is 7.16. The van der Waals surface area contributed by atoms with Crippen molar-refractivity contribution < 1.29 is 14.0 Å². The highest BCUT2D eigenvalue weighted by molar-refractivity contribution is 7.21. The molecule has 0 amide bonds. The van der Waals surface area contributed by atoms with Crippen LogP contribution in [-0.2, 0) is 14.0 Å². The number of rotatable bonds is 2. The molecule has 0 atom stereocenters. The Kier molecular flexibility index (Phi) is 3.61. The van der Waals surface area contributed by atoms with Gasteiger partial charge >= 0.3 is 7.12 Å². The number of hydrogen-bond acceptors (Lipinski definition) is 5. The van der Waals surface area contributed by atoms with Gasteiger partial charge in [-0.3, -0.25) is 0 Å². The van der Waals surface area contributed by atoms with Crippen LogP contribution in [0.2, 0.25) is 0 Å². The molecule has 0 bridgehead atoms. The summed E-state index contributed by atoms with van der Waals surface area (Å²) < 4.78 is 18.7.